The fourth-order valence-electron chi connectivity index (χ4n) is 1.80. The largest absolute Gasteiger partial charge is 0.335 e. The Morgan fingerprint density at radius 2 is 2.40 bits per heavy atom. The zero-order chi connectivity index (χ0) is 10.7. The fourth-order valence-corrected chi connectivity index (χ4v) is 2.07. The van der Waals surface area contributed by atoms with Crippen molar-refractivity contribution in [2.45, 2.75) is 19.8 Å². The van der Waals surface area contributed by atoms with Gasteiger partial charge in [0.05, 0.1) is 4.99 Å². The molecule has 78 valence electrons. The van der Waals surface area contributed by atoms with E-state index >= 15 is 0 Å². The first-order valence-electron chi connectivity index (χ1n) is 5.24. The Morgan fingerprint density at radius 3 is 3.07 bits per heavy atom. The Morgan fingerprint density at radius 1 is 1.53 bits per heavy atom. The van der Waals surface area contributed by atoms with Crippen LogP contribution in [0.3, 0.4) is 0 Å². The predicted molar refractivity (Wildman–Crippen MR) is 66.4 cm³/mol. The van der Waals surface area contributed by atoms with Crippen molar-refractivity contribution in [3.63, 3.8) is 0 Å². The third kappa shape index (κ3) is 2.07. The summed E-state index contributed by atoms with van der Waals surface area (Å²) in [6.07, 6.45) is 7.87. The lowest BCUT2D eigenvalue weighted by Gasteiger charge is -2.21. The summed E-state index contributed by atoms with van der Waals surface area (Å²) >= 11 is 5.34. The van der Waals surface area contributed by atoms with Crippen molar-refractivity contribution in [3.8, 4) is 0 Å². The number of rotatable bonds is 3. The van der Waals surface area contributed by atoms with Gasteiger partial charge in [-0.1, -0.05) is 25.2 Å². The summed E-state index contributed by atoms with van der Waals surface area (Å²) in [4.78, 5) is 7.38. The van der Waals surface area contributed by atoms with Crippen LogP contribution in [0.15, 0.2) is 30.6 Å². The van der Waals surface area contributed by atoms with E-state index < -0.39 is 0 Å². The van der Waals surface area contributed by atoms with Crippen molar-refractivity contribution >= 4 is 22.9 Å². The van der Waals surface area contributed by atoms with E-state index in [1.807, 2.05) is 12.3 Å². The van der Waals surface area contributed by atoms with Crippen molar-refractivity contribution in [1.82, 2.24) is 9.88 Å². The Hall–Kier alpha value is -1.22. The molecule has 0 N–H and O–H groups in total. The molecule has 2 heterocycles. The SMILES string of the molecule is CCCN1C(=S)CC=C1c1cccnc1. The van der Waals surface area contributed by atoms with Gasteiger partial charge >= 0.3 is 0 Å². The van der Waals surface area contributed by atoms with Crippen molar-refractivity contribution in [2.75, 3.05) is 6.54 Å². The van der Waals surface area contributed by atoms with Crippen LogP contribution in [0.4, 0.5) is 0 Å². The minimum atomic E-state index is 0.888. The van der Waals surface area contributed by atoms with E-state index in [0.717, 1.165) is 29.9 Å². The van der Waals surface area contributed by atoms with E-state index in [4.69, 9.17) is 12.2 Å². The van der Waals surface area contributed by atoms with Crippen LogP contribution in [0.5, 0.6) is 0 Å². The van der Waals surface area contributed by atoms with Gasteiger partial charge in [0, 0.05) is 36.6 Å². The molecule has 1 aliphatic heterocycles. The van der Waals surface area contributed by atoms with Gasteiger partial charge in [0.25, 0.3) is 0 Å². The topological polar surface area (TPSA) is 16.1 Å². The van der Waals surface area contributed by atoms with Gasteiger partial charge in [-0.25, -0.2) is 0 Å². The number of aromatic nitrogens is 1. The van der Waals surface area contributed by atoms with Crippen LogP contribution in [0.25, 0.3) is 5.70 Å². The molecule has 2 nitrogen and oxygen atoms in total. The van der Waals surface area contributed by atoms with Crippen molar-refractivity contribution < 1.29 is 0 Å². The smallest absolute Gasteiger partial charge is 0.0862 e. The second-order valence-electron chi connectivity index (χ2n) is 3.58. The number of nitrogens with zero attached hydrogens (tertiary/aromatic N) is 2. The average Bonchev–Trinajstić information content (AvgIpc) is 2.63. The Balaban J connectivity index is 2.26. The Bertz CT molecular complexity index is 384. The highest BCUT2D eigenvalue weighted by Crippen LogP contribution is 2.26. The first-order chi connectivity index (χ1) is 7.33. The highest BCUT2D eigenvalue weighted by molar-refractivity contribution is 7.80. The normalized spacial score (nSPS) is 15.7. The van der Waals surface area contributed by atoms with E-state index in [-0.39, 0.29) is 0 Å². The van der Waals surface area contributed by atoms with E-state index in [0.29, 0.717) is 0 Å². The molecule has 3 heteroatoms. The molecule has 0 aromatic carbocycles. The standard InChI is InChI=1S/C12H14N2S/c1-2-8-14-11(5-6-12(14)15)10-4-3-7-13-9-10/h3-5,7,9H,2,6,8H2,1H3. The second kappa shape index (κ2) is 4.53. The Kier molecular flexibility index (Phi) is 3.11. The van der Waals surface area contributed by atoms with Crippen LogP contribution in [0.2, 0.25) is 0 Å². The first kappa shape index (κ1) is 10.3. The maximum Gasteiger partial charge on any atom is 0.0862 e. The highest BCUT2D eigenvalue weighted by Gasteiger charge is 2.20. The average molecular weight is 218 g/mol. The predicted octanol–water partition coefficient (Wildman–Crippen LogP) is 2.87. The molecule has 0 spiro atoms. The lowest BCUT2D eigenvalue weighted by atomic mass is 10.2. The van der Waals surface area contributed by atoms with Gasteiger partial charge in [-0.15, -0.1) is 0 Å². The third-order valence-electron chi connectivity index (χ3n) is 2.47. The monoisotopic (exact) mass is 218 g/mol. The fraction of sp³-hybridized carbons (Fsp3) is 0.333. The Labute approximate surface area is 95.6 Å². The lowest BCUT2D eigenvalue weighted by Crippen LogP contribution is -2.23. The van der Waals surface area contributed by atoms with Crippen LogP contribution in [0.1, 0.15) is 25.3 Å². The summed E-state index contributed by atoms with van der Waals surface area (Å²) in [6.45, 7) is 3.17. The molecule has 15 heavy (non-hydrogen) atoms. The van der Waals surface area contributed by atoms with E-state index in [9.17, 15) is 0 Å². The summed E-state index contributed by atoms with van der Waals surface area (Å²) in [5.74, 6) is 0. The molecular weight excluding hydrogens is 204 g/mol. The number of hydrogen-bond acceptors (Lipinski definition) is 2. The molecule has 2 rings (SSSR count). The quantitative estimate of drug-likeness (QED) is 0.726. The third-order valence-corrected chi connectivity index (χ3v) is 2.85. The maximum absolute atomic E-state index is 5.34. The summed E-state index contributed by atoms with van der Waals surface area (Å²) in [6, 6.07) is 4.04. The summed E-state index contributed by atoms with van der Waals surface area (Å²) < 4.78 is 0. The molecule has 0 radical (unpaired) electrons. The van der Waals surface area contributed by atoms with E-state index in [1.165, 1.54) is 5.70 Å². The molecule has 0 fully saturated rings. The van der Waals surface area contributed by atoms with Crippen LogP contribution in [-0.2, 0) is 0 Å². The molecule has 0 atom stereocenters. The van der Waals surface area contributed by atoms with Crippen LogP contribution >= 0.6 is 12.2 Å². The zero-order valence-corrected chi connectivity index (χ0v) is 9.63. The molecule has 1 aromatic heterocycles. The maximum atomic E-state index is 5.34. The second-order valence-corrected chi connectivity index (χ2v) is 4.05. The molecule has 0 saturated heterocycles. The van der Waals surface area contributed by atoms with E-state index in [1.54, 1.807) is 6.20 Å². The minimum Gasteiger partial charge on any atom is -0.335 e. The van der Waals surface area contributed by atoms with Gasteiger partial charge in [-0.3, -0.25) is 4.98 Å². The van der Waals surface area contributed by atoms with Crippen LogP contribution in [0, 0.1) is 0 Å². The molecule has 0 amide bonds. The van der Waals surface area contributed by atoms with Crippen molar-refractivity contribution in [3.05, 3.63) is 36.2 Å². The highest BCUT2D eigenvalue weighted by atomic mass is 32.1. The van der Waals surface area contributed by atoms with Gasteiger partial charge in [-0.05, 0) is 18.6 Å². The molecular formula is C12H14N2S. The van der Waals surface area contributed by atoms with Crippen molar-refractivity contribution in [2.24, 2.45) is 0 Å². The van der Waals surface area contributed by atoms with Gasteiger partial charge in [-0.2, -0.15) is 0 Å². The molecule has 1 aromatic rings. The summed E-state index contributed by atoms with van der Waals surface area (Å²) in [7, 11) is 0. The van der Waals surface area contributed by atoms with Gasteiger partial charge in [0.2, 0.25) is 0 Å². The minimum absolute atomic E-state index is 0.888. The van der Waals surface area contributed by atoms with Crippen LogP contribution < -0.4 is 0 Å². The van der Waals surface area contributed by atoms with Gasteiger partial charge in [0.1, 0.15) is 0 Å². The lowest BCUT2D eigenvalue weighted by molar-refractivity contribution is 0.585. The summed E-state index contributed by atoms with van der Waals surface area (Å²) in [5.41, 5.74) is 2.38. The van der Waals surface area contributed by atoms with Crippen LogP contribution in [-0.4, -0.2) is 21.4 Å². The van der Waals surface area contributed by atoms with E-state index in [2.05, 4.69) is 29.0 Å². The van der Waals surface area contributed by atoms with Crippen molar-refractivity contribution in [1.29, 1.82) is 0 Å². The molecule has 0 unspecified atom stereocenters. The number of pyridine rings is 1. The molecule has 1 aliphatic rings. The number of thiocarbonyl (C=S) groups is 1. The van der Waals surface area contributed by atoms with Gasteiger partial charge in [0.15, 0.2) is 0 Å². The molecule has 0 aliphatic carbocycles. The summed E-state index contributed by atoms with van der Waals surface area (Å²) in [5, 5.41) is 0. The number of hydrogen-bond donors (Lipinski definition) is 0. The zero-order valence-electron chi connectivity index (χ0n) is 8.81. The van der Waals surface area contributed by atoms with Gasteiger partial charge < -0.3 is 4.90 Å². The first-order valence-corrected chi connectivity index (χ1v) is 5.64. The molecule has 0 saturated carbocycles. The molecule has 0 bridgehead atoms.